The van der Waals surface area contributed by atoms with E-state index in [1.165, 1.54) is 16.8 Å². The van der Waals surface area contributed by atoms with Crippen LogP contribution in [0.3, 0.4) is 0 Å². The number of likely N-dealkylation sites (N-methyl/N-ethyl adjacent to an activating group) is 2. The summed E-state index contributed by atoms with van der Waals surface area (Å²) in [5.74, 6) is 0. The summed E-state index contributed by atoms with van der Waals surface area (Å²) in [4.78, 5) is 4.90. The van der Waals surface area contributed by atoms with Crippen molar-refractivity contribution >= 4 is 5.69 Å². The fourth-order valence-corrected chi connectivity index (χ4v) is 3.03. The van der Waals surface area contributed by atoms with Gasteiger partial charge in [0.2, 0.25) is 0 Å². The average Bonchev–Trinajstić information content (AvgIpc) is 2.40. The minimum absolute atomic E-state index is 0.600. The number of hydrogen-bond acceptors (Lipinski definition) is 3. The fraction of sp³-hybridized carbons (Fsp3) is 0.625. The van der Waals surface area contributed by atoms with Crippen molar-refractivity contribution in [2.24, 2.45) is 0 Å². The van der Waals surface area contributed by atoms with Gasteiger partial charge in [-0.2, -0.15) is 0 Å². The molecule has 1 aromatic rings. The molecule has 0 spiro atoms. The number of para-hydroxylation sites is 1. The lowest BCUT2D eigenvalue weighted by Crippen LogP contribution is -2.53. The van der Waals surface area contributed by atoms with Crippen LogP contribution in [0.2, 0.25) is 0 Å². The van der Waals surface area contributed by atoms with Gasteiger partial charge in [0.1, 0.15) is 0 Å². The Morgan fingerprint density at radius 1 is 1.42 bits per heavy atom. The van der Waals surface area contributed by atoms with E-state index in [9.17, 15) is 0 Å². The molecule has 0 bridgehead atoms. The second-order valence-corrected chi connectivity index (χ2v) is 5.66. The summed E-state index contributed by atoms with van der Waals surface area (Å²) in [6, 6.07) is 7.23. The first-order valence-electron chi connectivity index (χ1n) is 7.34. The Hall–Kier alpha value is -1.06. The lowest BCUT2D eigenvalue weighted by Gasteiger charge is -2.37. The van der Waals surface area contributed by atoms with Crippen molar-refractivity contribution in [3.05, 3.63) is 29.3 Å². The molecule has 0 aromatic heterocycles. The molecule has 1 heterocycles. The van der Waals surface area contributed by atoms with Gasteiger partial charge in [0.05, 0.1) is 0 Å². The number of piperazine rings is 1. The van der Waals surface area contributed by atoms with Crippen LogP contribution >= 0.6 is 0 Å². The smallest absolute Gasteiger partial charge is 0.0426 e. The maximum absolute atomic E-state index is 3.50. The van der Waals surface area contributed by atoms with Gasteiger partial charge in [0.25, 0.3) is 0 Å². The minimum Gasteiger partial charge on any atom is -0.373 e. The molecule has 1 saturated heterocycles. The highest BCUT2D eigenvalue weighted by molar-refractivity contribution is 5.59. The van der Waals surface area contributed by atoms with E-state index in [2.05, 4.69) is 61.3 Å². The summed E-state index contributed by atoms with van der Waals surface area (Å²) >= 11 is 0. The zero-order valence-corrected chi connectivity index (χ0v) is 12.7. The zero-order chi connectivity index (χ0) is 13.8. The van der Waals surface area contributed by atoms with E-state index in [0.29, 0.717) is 6.04 Å². The van der Waals surface area contributed by atoms with E-state index in [4.69, 9.17) is 0 Å². The van der Waals surface area contributed by atoms with Crippen LogP contribution in [0.4, 0.5) is 5.69 Å². The van der Waals surface area contributed by atoms with Crippen molar-refractivity contribution in [1.29, 1.82) is 0 Å². The number of hydrogen-bond donors (Lipinski definition) is 1. The van der Waals surface area contributed by atoms with Crippen LogP contribution in [0.15, 0.2) is 18.2 Å². The SMILES string of the molecule is CCc1cccc(C)c1N(C)CC1CNCCN1C. The van der Waals surface area contributed by atoms with E-state index >= 15 is 0 Å². The number of benzene rings is 1. The van der Waals surface area contributed by atoms with E-state index in [0.717, 1.165) is 32.6 Å². The Kier molecular flexibility index (Phi) is 4.83. The fourth-order valence-electron chi connectivity index (χ4n) is 3.03. The Morgan fingerprint density at radius 3 is 2.89 bits per heavy atom. The van der Waals surface area contributed by atoms with Crippen molar-refractivity contribution in [2.45, 2.75) is 26.3 Å². The highest BCUT2D eigenvalue weighted by Gasteiger charge is 2.21. The van der Waals surface area contributed by atoms with Crippen LogP contribution in [0.1, 0.15) is 18.1 Å². The Morgan fingerprint density at radius 2 is 2.21 bits per heavy atom. The molecular formula is C16H27N3. The van der Waals surface area contributed by atoms with Gasteiger partial charge in [-0.05, 0) is 31.5 Å². The highest BCUT2D eigenvalue weighted by atomic mass is 15.2. The van der Waals surface area contributed by atoms with Crippen LogP contribution in [-0.2, 0) is 6.42 Å². The summed E-state index contributed by atoms with van der Waals surface area (Å²) in [5, 5.41) is 3.50. The first-order chi connectivity index (χ1) is 9.13. The first kappa shape index (κ1) is 14.4. The third-order valence-electron chi connectivity index (χ3n) is 4.21. The lowest BCUT2D eigenvalue weighted by atomic mass is 10.0. The normalized spacial score (nSPS) is 20.5. The molecule has 1 fully saturated rings. The van der Waals surface area contributed by atoms with Gasteiger partial charge < -0.3 is 10.2 Å². The molecule has 0 amide bonds. The number of aryl methyl sites for hydroxylation is 2. The zero-order valence-electron chi connectivity index (χ0n) is 12.7. The van der Waals surface area contributed by atoms with E-state index < -0.39 is 0 Å². The van der Waals surface area contributed by atoms with Crippen LogP contribution in [0.5, 0.6) is 0 Å². The second-order valence-electron chi connectivity index (χ2n) is 5.66. The molecule has 0 saturated carbocycles. The predicted octanol–water partition coefficient (Wildman–Crippen LogP) is 1.90. The van der Waals surface area contributed by atoms with Crippen LogP contribution in [-0.4, -0.2) is 51.2 Å². The van der Waals surface area contributed by atoms with Crippen LogP contribution < -0.4 is 10.2 Å². The topological polar surface area (TPSA) is 18.5 Å². The molecule has 0 radical (unpaired) electrons. The monoisotopic (exact) mass is 261 g/mol. The molecule has 1 aliphatic rings. The molecule has 19 heavy (non-hydrogen) atoms. The Bertz CT molecular complexity index is 416. The maximum atomic E-state index is 3.50. The molecule has 1 N–H and O–H groups in total. The number of anilines is 1. The molecule has 1 aliphatic heterocycles. The molecular weight excluding hydrogens is 234 g/mol. The summed E-state index contributed by atoms with van der Waals surface area (Å²) in [7, 11) is 4.46. The van der Waals surface area contributed by atoms with E-state index in [1.54, 1.807) is 0 Å². The minimum atomic E-state index is 0.600. The molecule has 3 heteroatoms. The van der Waals surface area contributed by atoms with E-state index in [-0.39, 0.29) is 0 Å². The predicted molar refractivity (Wildman–Crippen MR) is 83.1 cm³/mol. The molecule has 3 nitrogen and oxygen atoms in total. The molecule has 1 atom stereocenters. The van der Waals surface area contributed by atoms with Crippen molar-refractivity contribution in [3.63, 3.8) is 0 Å². The largest absolute Gasteiger partial charge is 0.373 e. The van der Waals surface area contributed by atoms with E-state index in [1.807, 2.05) is 0 Å². The summed E-state index contributed by atoms with van der Waals surface area (Å²) in [5.41, 5.74) is 4.26. The van der Waals surface area contributed by atoms with Gasteiger partial charge in [0.15, 0.2) is 0 Å². The third-order valence-corrected chi connectivity index (χ3v) is 4.21. The van der Waals surface area contributed by atoms with Gasteiger partial charge in [-0.1, -0.05) is 25.1 Å². The first-order valence-corrected chi connectivity index (χ1v) is 7.34. The Balaban J connectivity index is 2.13. The molecule has 1 aromatic carbocycles. The van der Waals surface area contributed by atoms with Gasteiger partial charge in [0, 0.05) is 45.0 Å². The van der Waals surface area contributed by atoms with Crippen molar-refractivity contribution in [1.82, 2.24) is 10.2 Å². The number of rotatable bonds is 4. The number of nitrogens with zero attached hydrogens (tertiary/aromatic N) is 2. The van der Waals surface area contributed by atoms with Crippen LogP contribution in [0, 0.1) is 6.92 Å². The summed E-state index contributed by atoms with van der Waals surface area (Å²) in [6.07, 6.45) is 1.10. The van der Waals surface area contributed by atoms with Gasteiger partial charge in [-0.25, -0.2) is 0 Å². The molecule has 2 rings (SSSR count). The highest BCUT2D eigenvalue weighted by Crippen LogP contribution is 2.25. The lowest BCUT2D eigenvalue weighted by molar-refractivity contribution is 0.204. The molecule has 106 valence electrons. The molecule has 0 aliphatic carbocycles. The van der Waals surface area contributed by atoms with Crippen LogP contribution in [0.25, 0.3) is 0 Å². The van der Waals surface area contributed by atoms with Gasteiger partial charge in [-0.3, -0.25) is 4.90 Å². The Labute approximate surface area is 117 Å². The standard InChI is InChI=1S/C16H27N3/c1-5-14-8-6-7-13(2)16(14)19(4)12-15-11-17-9-10-18(15)3/h6-8,15,17H,5,9-12H2,1-4H3. The summed E-state index contributed by atoms with van der Waals surface area (Å²) in [6.45, 7) is 8.89. The summed E-state index contributed by atoms with van der Waals surface area (Å²) < 4.78 is 0. The van der Waals surface area contributed by atoms with Crippen molar-refractivity contribution < 1.29 is 0 Å². The van der Waals surface area contributed by atoms with Gasteiger partial charge in [-0.15, -0.1) is 0 Å². The van der Waals surface area contributed by atoms with Gasteiger partial charge >= 0.3 is 0 Å². The van der Waals surface area contributed by atoms with Crippen molar-refractivity contribution in [2.75, 3.05) is 45.2 Å². The second kappa shape index (κ2) is 6.40. The van der Waals surface area contributed by atoms with Crippen molar-refractivity contribution in [3.8, 4) is 0 Å². The average molecular weight is 261 g/mol. The third kappa shape index (κ3) is 3.28. The maximum Gasteiger partial charge on any atom is 0.0426 e. The number of nitrogens with one attached hydrogen (secondary N) is 1. The quantitative estimate of drug-likeness (QED) is 0.893. The molecule has 1 unspecified atom stereocenters.